The second-order valence-corrected chi connectivity index (χ2v) is 8.67. The normalized spacial score (nSPS) is 14.7. The van der Waals surface area contributed by atoms with Crippen LogP contribution in [0.2, 0.25) is 0 Å². The van der Waals surface area contributed by atoms with Crippen molar-refractivity contribution in [2.45, 2.75) is 56.5 Å². The highest BCUT2D eigenvalue weighted by molar-refractivity contribution is 8.00. The van der Waals surface area contributed by atoms with Crippen LogP contribution in [0.1, 0.15) is 55.7 Å². The Labute approximate surface area is 169 Å². The van der Waals surface area contributed by atoms with Crippen molar-refractivity contribution in [3.8, 4) is 0 Å². The van der Waals surface area contributed by atoms with Crippen LogP contribution in [-0.4, -0.2) is 31.7 Å². The first kappa shape index (κ1) is 20.3. The molecule has 1 unspecified atom stereocenters. The van der Waals surface area contributed by atoms with Gasteiger partial charge in [0.25, 0.3) is 0 Å². The highest BCUT2D eigenvalue weighted by Gasteiger charge is 2.31. The average Bonchev–Trinajstić information content (AvgIpc) is 3.45. The van der Waals surface area contributed by atoms with E-state index in [1.807, 2.05) is 26.8 Å². The molecule has 0 spiro atoms. The number of nitrogens with zero attached hydrogens (tertiary/aromatic N) is 3. The first-order valence-corrected chi connectivity index (χ1v) is 10.4. The quantitative estimate of drug-likeness (QED) is 0.387. The summed E-state index contributed by atoms with van der Waals surface area (Å²) in [5, 5.41) is 11.9. The number of nitrogens with one attached hydrogen (secondary N) is 1. The zero-order valence-electron chi connectivity index (χ0n) is 16.5. The Kier molecular flexibility index (Phi) is 6.34. The van der Waals surface area contributed by atoms with Crippen molar-refractivity contribution in [3.05, 3.63) is 48.3 Å². The number of benzene rings is 1. The largest absolute Gasteiger partial charge is 0.326 e. The zero-order chi connectivity index (χ0) is 20.3. The molecule has 1 atom stereocenters. The molecule has 1 aromatic carbocycles. The van der Waals surface area contributed by atoms with Crippen LogP contribution >= 0.6 is 11.8 Å². The van der Waals surface area contributed by atoms with E-state index in [4.69, 9.17) is 0 Å². The van der Waals surface area contributed by atoms with Crippen molar-refractivity contribution < 1.29 is 9.59 Å². The molecule has 1 aliphatic rings. The van der Waals surface area contributed by atoms with Gasteiger partial charge in [0.05, 0.1) is 5.25 Å². The number of Topliss-reactive ketones (excluding diaryl/α,β-unsaturated/α-hetero) is 1. The molecular weight excluding hydrogens is 372 g/mol. The van der Waals surface area contributed by atoms with Crippen LogP contribution in [-0.2, 0) is 11.3 Å². The van der Waals surface area contributed by atoms with Gasteiger partial charge in [-0.15, -0.1) is 16.8 Å². The van der Waals surface area contributed by atoms with E-state index < -0.39 is 0 Å². The van der Waals surface area contributed by atoms with Gasteiger partial charge in [-0.1, -0.05) is 31.7 Å². The maximum Gasteiger partial charge on any atom is 0.226 e. The SMILES string of the molecule is C=CCn1c(SC(C)C(=O)c2ccc(NC(=O)C(C)C)cc2)nnc1C1CC1. The minimum absolute atomic E-state index is 0.0212. The number of hydrogen-bond donors (Lipinski definition) is 1. The van der Waals surface area contributed by atoms with Crippen molar-refractivity contribution in [2.24, 2.45) is 5.92 Å². The van der Waals surface area contributed by atoms with Crippen molar-refractivity contribution in [1.29, 1.82) is 0 Å². The van der Waals surface area contributed by atoms with Gasteiger partial charge < -0.3 is 9.88 Å². The first-order chi connectivity index (χ1) is 13.4. The lowest BCUT2D eigenvalue weighted by Gasteiger charge is -2.12. The molecular formula is C21H26N4O2S. The molecule has 0 aliphatic heterocycles. The lowest BCUT2D eigenvalue weighted by atomic mass is 10.1. The number of carbonyl (C=O) groups excluding carboxylic acids is 2. The summed E-state index contributed by atoms with van der Waals surface area (Å²) in [6.07, 6.45) is 4.12. The maximum absolute atomic E-state index is 12.8. The van der Waals surface area contributed by atoms with Crippen LogP contribution in [0.25, 0.3) is 0 Å². The van der Waals surface area contributed by atoms with Gasteiger partial charge in [0, 0.05) is 29.6 Å². The van der Waals surface area contributed by atoms with E-state index in [0.29, 0.717) is 23.7 Å². The van der Waals surface area contributed by atoms with Gasteiger partial charge in [-0.2, -0.15) is 0 Å². The van der Waals surface area contributed by atoms with Gasteiger partial charge in [-0.05, 0) is 44.0 Å². The van der Waals surface area contributed by atoms with Crippen molar-refractivity contribution in [1.82, 2.24) is 14.8 Å². The summed E-state index contributed by atoms with van der Waals surface area (Å²) < 4.78 is 2.06. The Hall–Kier alpha value is -2.41. The highest BCUT2D eigenvalue weighted by atomic mass is 32.2. The fraction of sp³-hybridized carbons (Fsp3) is 0.429. The van der Waals surface area contributed by atoms with Crippen molar-refractivity contribution in [2.75, 3.05) is 5.32 Å². The minimum Gasteiger partial charge on any atom is -0.326 e. The molecule has 28 heavy (non-hydrogen) atoms. The van der Waals surface area contributed by atoms with E-state index in [9.17, 15) is 9.59 Å². The van der Waals surface area contributed by atoms with E-state index in [2.05, 4.69) is 26.7 Å². The Morgan fingerprint density at radius 3 is 2.50 bits per heavy atom. The second kappa shape index (κ2) is 8.73. The van der Waals surface area contributed by atoms with Crippen molar-refractivity contribution >= 4 is 29.1 Å². The van der Waals surface area contributed by atoms with Gasteiger partial charge in [0.2, 0.25) is 5.91 Å². The van der Waals surface area contributed by atoms with Gasteiger partial charge in [-0.25, -0.2) is 0 Å². The van der Waals surface area contributed by atoms with Crippen LogP contribution < -0.4 is 5.32 Å². The number of ketones is 1. The number of hydrogen-bond acceptors (Lipinski definition) is 5. The predicted molar refractivity (Wildman–Crippen MR) is 112 cm³/mol. The lowest BCUT2D eigenvalue weighted by molar-refractivity contribution is -0.118. The molecule has 1 aliphatic carbocycles. The van der Waals surface area contributed by atoms with E-state index >= 15 is 0 Å². The molecule has 0 saturated heterocycles. The van der Waals surface area contributed by atoms with Gasteiger partial charge >= 0.3 is 0 Å². The molecule has 6 nitrogen and oxygen atoms in total. The zero-order valence-corrected chi connectivity index (χ0v) is 17.3. The summed E-state index contributed by atoms with van der Waals surface area (Å²) >= 11 is 1.42. The van der Waals surface area contributed by atoms with Gasteiger partial charge in [-0.3, -0.25) is 9.59 Å². The number of thioether (sulfide) groups is 1. The van der Waals surface area contributed by atoms with Gasteiger partial charge in [0.15, 0.2) is 10.9 Å². The van der Waals surface area contributed by atoms with Crippen LogP contribution in [0.5, 0.6) is 0 Å². The van der Waals surface area contributed by atoms with Gasteiger partial charge in [0.1, 0.15) is 5.82 Å². The summed E-state index contributed by atoms with van der Waals surface area (Å²) in [4.78, 5) is 24.6. The van der Waals surface area contributed by atoms with Crippen LogP contribution in [0.4, 0.5) is 5.69 Å². The standard InChI is InChI=1S/C21H26N4O2S/c1-5-12-25-19(16-6-7-16)23-24-21(25)28-14(4)18(26)15-8-10-17(11-9-15)22-20(27)13(2)3/h5,8-11,13-14,16H,1,6-7,12H2,2-4H3,(H,22,27). The molecule has 1 aromatic heterocycles. The molecule has 148 valence electrons. The number of anilines is 1. The molecule has 0 radical (unpaired) electrons. The molecule has 1 fully saturated rings. The van der Waals surface area contributed by atoms with Crippen LogP contribution in [0.15, 0.2) is 42.1 Å². The first-order valence-electron chi connectivity index (χ1n) is 9.56. The summed E-state index contributed by atoms with van der Waals surface area (Å²) in [5.41, 5.74) is 1.30. The summed E-state index contributed by atoms with van der Waals surface area (Å²) in [6.45, 7) is 10.0. The Balaban J connectivity index is 1.68. The molecule has 1 N–H and O–H groups in total. The highest BCUT2D eigenvalue weighted by Crippen LogP contribution is 2.40. The molecule has 3 rings (SSSR count). The Morgan fingerprint density at radius 2 is 1.93 bits per heavy atom. The predicted octanol–water partition coefficient (Wildman–Crippen LogP) is 4.30. The molecule has 2 aromatic rings. The molecule has 1 heterocycles. The maximum atomic E-state index is 12.8. The fourth-order valence-electron chi connectivity index (χ4n) is 2.78. The topological polar surface area (TPSA) is 76.9 Å². The lowest BCUT2D eigenvalue weighted by Crippen LogP contribution is -2.18. The smallest absolute Gasteiger partial charge is 0.226 e. The number of aromatic nitrogens is 3. The molecule has 1 saturated carbocycles. The van der Waals surface area contributed by atoms with Crippen LogP contribution in [0.3, 0.4) is 0 Å². The summed E-state index contributed by atoms with van der Waals surface area (Å²) in [6, 6.07) is 7.02. The average molecular weight is 399 g/mol. The minimum atomic E-state index is -0.295. The summed E-state index contributed by atoms with van der Waals surface area (Å²) in [7, 11) is 0. The third-order valence-corrected chi connectivity index (χ3v) is 5.69. The summed E-state index contributed by atoms with van der Waals surface area (Å²) in [5.74, 6) is 1.36. The Bertz CT molecular complexity index is 869. The number of rotatable bonds is 9. The monoisotopic (exact) mass is 398 g/mol. The number of amides is 1. The van der Waals surface area contributed by atoms with Crippen molar-refractivity contribution in [3.63, 3.8) is 0 Å². The Morgan fingerprint density at radius 1 is 1.25 bits per heavy atom. The third-order valence-electron chi connectivity index (χ3n) is 4.61. The number of allylic oxidation sites excluding steroid dienone is 1. The number of carbonyl (C=O) groups is 2. The molecule has 7 heteroatoms. The van der Waals surface area contributed by atoms with E-state index in [1.165, 1.54) is 11.8 Å². The second-order valence-electron chi connectivity index (χ2n) is 7.36. The van der Waals surface area contributed by atoms with E-state index in [-0.39, 0.29) is 22.9 Å². The van der Waals surface area contributed by atoms with E-state index in [1.54, 1.807) is 24.3 Å². The fourth-order valence-corrected chi connectivity index (χ4v) is 3.72. The molecule has 1 amide bonds. The van der Waals surface area contributed by atoms with E-state index in [0.717, 1.165) is 23.8 Å². The third kappa shape index (κ3) is 4.70. The van der Waals surface area contributed by atoms with Crippen LogP contribution in [0, 0.1) is 5.92 Å². The molecule has 0 bridgehead atoms.